The minimum atomic E-state index is -0.129. The molecule has 2 rings (SSSR count). The van der Waals surface area contributed by atoms with E-state index in [1.54, 1.807) is 0 Å². The van der Waals surface area contributed by atoms with Crippen molar-refractivity contribution < 1.29 is 14.3 Å². The zero-order valence-corrected chi connectivity index (χ0v) is 11.4. The molecule has 1 N–H and O–H groups in total. The second-order valence-corrected chi connectivity index (χ2v) is 5.39. The molecule has 2 fully saturated rings. The van der Waals surface area contributed by atoms with E-state index in [2.05, 4.69) is 17.1 Å². The van der Waals surface area contributed by atoms with Gasteiger partial charge in [0.25, 0.3) is 0 Å². The Hall–Kier alpha value is -0.650. The van der Waals surface area contributed by atoms with Gasteiger partial charge in [-0.1, -0.05) is 0 Å². The van der Waals surface area contributed by atoms with Crippen molar-refractivity contribution in [1.29, 1.82) is 0 Å². The molecule has 3 unspecified atom stereocenters. The molecule has 1 amide bonds. The molecule has 5 heteroatoms. The largest absolute Gasteiger partial charge is 0.378 e. The summed E-state index contributed by atoms with van der Waals surface area (Å²) in [5, 5.41) is 3.06. The molecule has 0 saturated carbocycles. The lowest BCUT2D eigenvalue weighted by molar-refractivity contribution is -0.131. The van der Waals surface area contributed by atoms with Crippen molar-refractivity contribution in [2.75, 3.05) is 40.0 Å². The maximum Gasteiger partial charge on any atom is 0.239 e. The van der Waals surface area contributed by atoms with Crippen molar-refractivity contribution in [3.63, 3.8) is 0 Å². The molecule has 3 atom stereocenters. The van der Waals surface area contributed by atoms with Crippen LogP contribution in [0.25, 0.3) is 0 Å². The average Bonchev–Trinajstić information content (AvgIpc) is 2.37. The van der Waals surface area contributed by atoms with E-state index in [0.717, 1.165) is 39.1 Å². The van der Waals surface area contributed by atoms with Gasteiger partial charge in [-0.05, 0) is 32.7 Å². The van der Waals surface area contributed by atoms with Crippen molar-refractivity contribution in [2.45, 2.75) is 31.9 Å². The third-order valence-corrected chi connectivity index (χ3v) is 3.86. The summed E-state index contributed by atoms with van der Waals surface area (Å²) in [6.45, 7) is 5.72. The summed E-state index contributed by atoms with van der Waals surface area (Å²) in [6.07, 6.45) is 2.40. The van der Waals surface area contributed by atoms with E-state index >= 15 is 0 Å². The lowest BCUT2D eigenvalue weighted by Crippen LogP contribution is -2.52. The fourth-order valence-electron chi connectivity index (χ4n) is 2.60. The van der Waals surface area contributed by atoms with Crippen LogP contribution in [0.4, 0.5) is 0 Å². The number of nitrogens with zero attached hydrogens (tertiary/aromatic N) is 1. The first-order chi connectivity index (χ1) is 8.66. The summed E-state index contributed by atoms with van der Waals surface area (Å²) in [5.41, 5.74) is 0. The number of carbonyl (C=O) groups is 1. The number of hydrogen-bond acceptors (Lipinski definition) is 4. The van der Waals surface area contributed by atoms with E-state index in [-0.39, 0.29) is 11.9 Å². The third kappa shape index (κ3) is 3.67. The summed E-state index contributed by atoms with van der Waals surface area (Å²) in [5.74, 6) is 0.642. The van der Waals surface area contributed by atoms with Crippen molar-refractivity contribution in [2.24, 2.45) is 5.92 Å². The Kier molecular flexibility index (Phi) is 4.97. The molecule has 0 aromatic rings. The standard InChI is InChI=1S/C13H24N2O3/c1-10-7-11(3-5-18-10)8-14-13(16)12-9-17-6-4-15(12)2/h10-12H,3-9H2,1-2H3,(H,14,16). The molecule has 5 nitrogen and oxygen atoms in total. The minimum absolute atomic E-state index is 0.0938. The lowest BCUT2D eigenvalue weighted by Gasteiger charge is -2.32. The van der Waals surface area contributed by atoms with Gasteiger partial charge < -0.3 is 14.8 Å². The van der Waals surface area contributed by atoms with Gasteiger partial charge in [-0.15, -0.1) is 0 Å². The van der Waals surface area contributed by atoms with Crippen LogP contribution in [0.15, 0.2) is 0 Å². The van der Waals surface area contributed by atoms with Crippen molar-refractivity contribution in [3.05, 3.63) is 0 Å². The molecular weight excluding hydrogens is 232 g/mol. The van der Waals surface area contributed by atoms with Crippen LogP contribution in [0.2, 0.25) is 0 Å². The van der Waals surface area contributed by atoms with Gasteiger partial charge >= 0.3 is 0 Å². The van der Waals surface area contributed by atoms with E-state index in [1.165, 1.54) is 0 Å². The molecule has 0 spiro atoms. The molecule has 0 aliphatic carbocycles. The molecule has 0 bridgehead atoms. The Labute approximate surface area is 109 Å². The SMILES string of the molecule is CC1CC(CNC(=O)C2COCCN2C)CCO1. The van der Waals surface area contributed by atoms with E-state index in [0.29, 0.717) is 18.6 Å². The van der Waals surface area contributed by atoms with Crippen LogP contribution in [0.3, 0.4) is 0 Å². The summed E-state index contributed by atoms with van der Waals surface area (Å²) < 4.78 is 10.9. The number of rotatable bonds is 3. The molecule has 2 saturated heterocycles. The van der Waals surface area contributed by atoms with E-state index in [1.807, 2.05) is 7.05 Å². The van der Waals surface area contributed by atoms with Gasteiger partial charge in [-0.2, -0.15) is 0 Å². The molecule has 0 aromatic heterocycles. The monoisotopic (exact) mass is 256 g/mol. The minimum Gasteiger partial charge on any atom is -0.378 e. The van der Waals surface area contributed by atoms with Crippen LogP contribution in [0.5, 0.6) is 0 Å². The highest BCUT2D eigenvalue weighted by atomic mass is 16.5. The number of nitrogens with one attached hydrogen (secondary N) is 1. The molecule has 2 aliphatic rings. The van der Waals surface area contributed by atoms with E-state index < -0.39 is 0 Å². The molecule has 104 valence electrons. The number of morpholine rings is 1. The second-order valence-electron chi connectivity index (χ2n) is 5.39. The van der Waals surface area contributed by atoms with Gasteiger partial charge in [-0.25, -0.2) is 0 Å². The highest BCUT2D eigenvalue weighted by Crippen LogP contribution is 2.19. The number of carbonyl (C=O) groups excluding carboxylic acids is 1. The Balaban J connectivity index is 1.73. The summed E-state index contributed by atoms with van der Waals surface area (Å²) >= 11 is 0. The van der Waals surface area contributed by atoms with Crippen LogP contribution < -0.4 is 5.32 Å². The molecule has 2 aliphatic heterocycles. The van der Waals surface area contributed by atoms with Gasteiger partial charge in [0.05, 0.1) is 19.3 Å². The lowest BCUT2D eigenvalue weighted by atomic mass is 9.96. The normalized spacial score (nSPS) is 34.2. The quantitative estimate of drug-likeness (QED) is 0.786. The topological polar surface area (TPSA) is 50.8 Å². The zero-order valence-electron chi connectivity index (χ0n) is 11.4. The molecular formula is C13H24N2O3. The average molecular weight is 256 g/mol. The van der Waals surface area contributed by atoms with Crippen LogP contribution in [0, 0.1) is 5.92 Å². The van der Waals surface area contributed by atoms with E-state index in [9.17, 15) is 4.79 Å². The first-order valence-corrected chi connectivity index (χ1v) is 6.84. The Morgan fingerprint density at radius 2 is 2.28 bits per heavy atom. The van der Waals surface area contributed by atoms with Crippen LogP contribution >= 0.6 is 0 Å². The first-order valence-electron chi connectivity index (χ1n) is 6.84. The predicted molar refractivity (Wildman–Crippen MR) is 68.4 cm³/mol. The third-order valence-electron chi connectivity index (χ3n) is 3.86. The summed E-state index contributed by atoms with van der Waals surface area (Å²) in [6, 6.07) is -0.129. The van der Waals surface area contributed by atoms with E-state index in [4.69, 9.17) is 9.47 Å². The van der Waals surface area contributed by atoms with Crippen molar-refractivity contribution in [1.82, 2.24) is 10.2 Å². The highest BCUT2D eigenvalue weighted by molar-refractivity contribution is 5.81. The Bertz CT molecular complexity index is 285. The van der Waals surface area contributed by atoms with Gasteiger partial charge in [0, 0.05) is 19.7 Å². The van der Waals surface area contributed by atoms with Crippen molar-refractivity contribution >= 4 is 5.91 Å². The van der Waals surface area contributed by atoms with Gasteiger partial charge in [0.2, 0.25) is 5.91 Å². The summed E-state index contributed by atoms with van der Waals surface area (Å²) in [4.78, 5) is 14.1. The Morgan fingerprint density at radius 3 is 3.00 bits per heavy atom. The van der Waals surface area contributed by atoms with Crippen LogP contribution in [-0.4, -0.2) is 62.9 Å². The molecule has 2 heterocycles. The van der Waals surface area contributed by atoms with Crippen LogP contribution in [0.1, 0.15) is 19.8 Å². The molecule has 18 heavy (non-hydrogen) atoms. The zero-order chi connectivity index (χ0) is 13.0. The van der Waals surface area contributed by atoms with Gasteiger partial charge in [0.1, 0.15) is 6.04 Å². The van der Waals surface area contributed by atoms with Crippen molar-refractivity contribution in [3.8, 4) is 0 Å². The summed E-state index contributed by atoms with van der Waals surface area (Å²) in [7, 11) is 1.98. The Morgan fingerprint density at radius 1 is 1.44 bits per heavy atom. The first kappa shape index (κ1) is 13.8. The predicted octanol–water partition coefficient (Wildman–Crippen LogP) is 0.248. The maximum atomic E-state index is 12.1. The van der Waals surface area contributed by atoms with Gasteiger partial charge in [0.15, 0.2) is 0 Å². The van der Waals surface area contributed by atoms with Gasteiger partial charge in [-0.3, -0.25) is 9.69 Å². The van der Waals surface area contributed by atoms with Crippen LogP contribution in [-0.2, 0) is 14.3 Å². The number of hydrogen-bond donors (Lipinski definition) is 1. The highest BCUT2D eigenvalue weighted by Gasteiger charge is 2.27. The fraction of sp³-hybridized carbons (Fsp3) is 0.923. The fourth-order valence-corrected chi connectivity index (χ4v) is 2.60. The number of amides is 1. The number of likely N-dealkylation sites (N-methyl/N-ethyl adjacent to an activating group) is 1. The smallest absolute Gasteiger partial charge is 0.239 e. The molecule has 0 radical (unpaired) electrons. The molecule has 0 aromatic carbocycles. The number of ether oxygens (including phenoxy) is 2. The second kappa shape index (κ2) is 6.50. The maximum absolute atomic E-state index is 12.1.